The summed E-state index contributed by atoms with van der Waals surface area (Å²) < 4.78 is 0.472. The first-order valence-electron chi connectivity index (χ1n) is 4.13. The Morgan fingerprint density at radius 3 is 1.85 bits per heavy atom. The molecule has 1 aliphatic heterocycles. The molecule has 0 unspecified atom stereocenters. The molecule has 0 bridgehead atoms. The van der Waals surface area contributed by atoms with Crippen LogP contribution < -0.4 is 0 Å². The topological polar surface area (TPSA) is 43.8 Å². The van der Waals surface area contributed by atoms with Gasteiger partial charge in [-0.3, -0.25) is 0 Å². The summed E-state index contributed by atoms with van der Waals surface area (Å²) in [5, 5.41) is 7.76. The van der Waals surface area contributed by atoms with Gasteiger partial charge in [0.15, 0.2) is 0 Å². The zero-order chi connectivity index (χ0) is 10.3. The molecule has 0 spiro atoms. The lowest BCUT2D eigenvalue weighted by molar-refractivity contribution is 0.191. The highest BCUT2D eigenvalue weighted by atomic mass is 32.2. The van der Waals surface area contributed by atoms with Crippen LogP contribution in [0.15, 0.2) is 0 Å². The van der Waals surface area contributed by atoms with Crippen molar-refractivity contribution in [2.75, 3.05) is 20.1 Å². The number of thiol groups is 2. The summed E-state index contributed by atoms with van der Waals surface area (Å²) in [5.41, 5.74) is 0. The second kappa shape index (κ2) is 7.34. The quantitative estimate of drug-likeness (QED) is 0.549. The largest absolute Gasteiger partial charge is 0.464 e. The van der Waals surface area contributed by atoms with Crippen molar-refractivity contribution in [3.05, 3.63) is 0 Å². The number of rotatable bonds is 0. The molecule has 1 N–H and O–H groups in total. The Bertz CT molecular complexity index is 149. The summed E-state index contributed by atoms with van der Waals surface area (Å²) in [6.07, 6.45) is 3.10. The third kappa shape index (κ3) is 8.27. The van der Waals surface area contributed by atoms with E-state index < -0.39 is 6.09 Å². The van der Waals surface area contributed by atoms with Crippen LogP contribution in [0.25, 0.3) is 0 Å². The lowest BCUT2D eigenvalue weighted by atomic mass is 10.1. The average molecular weight is 224 g/mol. The summed E-state index contributed by atoms with van der Waals surface area (Å²) >= 11 is 6.58. The van der Waals surface area contributed by atoms with Gasteiger partial charge in [0, 0.05) is 0 Å². The van der Waals surface area contributed by atoms with Crippen LogP contribution in [0.4, 0.5) is 4.79 Å². The molecule has 1 saturated heterocycles. The second-order valence-electron chi connectivity index (χ2n) is 2.94. The molecule has 1 rings (SSSR count). The molecule has 1 aliphatic rings. The van der Waals surface area contributed by atoms with Gasteiger partial charge in [0.25, 0.3) is 0 Å². The summed E-state index contributed by atoms with van der Waals surface area (Å²) in [7, 11) is 2.19. The maximum atomic E-state index is 9.47. The predicted octanol–water partition coefficient (Wildman–Crippen LogP) is 1.76. The summed E-state index contributed by atoms with van der Waals surface area (Å²) in [6.45, 7) is 2.64. The van der Waals surface area contributed by atoms with Crippen LogP contribution in [0.5, 0.6) is 0 Å². The average Bonchev–Trinajstić information content (AvgIpc) is 2.06. The maximum absolute atomic E-state index is 9.47. The molecule has 1 fully saturated rings. The SMILES string of the molecule is CN1CCCCC1.O=C(O)N(S)S. The number of hydrogen-bond acceptors (Lipinski definition) is 4. The van der Waals surface area contributed by atoms with E-state index in [1.807, 2.05) is 0 Å². The van der Waals surface area contributed by atoms with Crippen LogP contribution in [-0.4, -0.2) is 39.9 Å². The number of hydrogen-bond donors (Lipinski definition) is 3. The molecule has 78 valence electrons. The van der Waals surface area contributed by atoms with Gasteiger partial charge >= 0.3 is 6.09 Å². The monoisotopic (exact) mass is 224 g/mol. The summed E-state index contributed by atoms with van der Waals surface area (Å²) in [6, 6.07) is 0. The van der Waals surface area contributed by atoms with Crippen molar-refractivity contribution in [2.24, 2.45) is 0 Å². The molecule has 0 atom stereocenters. The van der Waals surface area contributed by atoms with Crippen molar-refractivity contribution >= 4 is 31.7 Å². The van der Waals surface area contributed by atoms with E-state index in [9.17, 15) is 4.79 Å². The van der Waals surface area contributed by atoms with E-state index in [1.165, 1.54) is 32.4 Å². The fourth-order valence-corrected chi connectivity index (χ4v) is 1.05. The number of piperidine rings is 1. The fraction of sp³-hybridized carbons (Fsp3) is 0.857. The van der Waals surface area contributed by atoms with Crippen LogP contribution in [0.1, 0.15) is 19.3 Å². The van der Waals surface area contributed by atoms with Crippen LogP contribution in [0.3, 0.4) is 0 Å². The molecule has 13 heavy (non-hydrogen) atoms. The van der Waals surface area contributed by atoms with Gasteiger partial charge in [-0.2, -0.15) is 3.71 Å². The summed E-state index contributed by atoms with van der Waals surface area (Å²) in [5.74, 6) is 0. The molecule has 1 heterocycles. The van der Waals surface area contributed by atoms with Gasteiger partial charge in [-0.1, -0.05) is 6.42 Å². The van der Waals surface area contributed by atoms with E-state index in [-0.39, 0.29) is 0 Å². The van der Waals surface area contributed by atoms with Crippen molar-refractivity contribution in [1.29, 1.82) is 0 Å². The van der Waals surface area contributed by atoms with Crippen LogP contribution in [0.2, 0.25) is 0 Å². The number of carbonyl (C=O) groups is 1. The standard InChI is InChI=1S/C6H13N.CH3NO2S2/c1-7-5-3-2-4-6-7;3-1(4)2(5)6/h2-6H2,1H3;5-6H,(H,3,4). The van der Waals surface area contributed by atoms with Gasteiger partial charge in [-0.15, -0.1) is 0 Å². The van der Waals surface area contributed by atoms with E-state index in [1.54, 1.807) is 0 Å². The molecular weight excluding hydrogens is 208 g/mol. The molecule has 0 aliphatic carbocycles. The van der Waals surface area contributed by atoms with Gasteiger partial charge in [0.05, 0.1) is 0 Å². The molecule has 1 amide bonds. The number of amides is 1. The highest BCUT2D eigenvalue weighted by Crippen LogP contribution is 2.04. The van der Waals surface area contributed by atoms with Crippen molar-refractivity contribution in [3.8, 4) is 0 Å². The number of carboxylic acid groups (broad SMARTS) is 1. The summed E-state index contributed by atoms with van der Waals surface area (Å²) in [4.78, 5) is 11.9. The van der Waals surface area contributed by atoms with Crippen LogP contribution in [-0.2, 0) is 0 Å². The number of nitrogens with zero attached hydrogens (tertiary/aromatic N) is 2. The molecule has 0 aromatic heterocycles. The van der Waals surface area contributed by atoms with Crippen molar-refractivity contribution in [2.45, 2.75) is 19.3 Å². The second-order valence-corrected chi connectivity index (χ2v) is 4.05. The van der Waals surface area contributed by atoms with E-state index >= 15 is 0 Å². The Balaban J connectivity index is 0.000000226. The zero-order valence-corrected chi connectivity index (χ0v) is 9.47. The maximum Gasteiger partial charge on any atom is 0.427 e. The fourth-order valence-electron chi connectivity index (χ4n) is 1.05. The highest BCUT2D eigenvalue weighted by molar-refractivity contribution is 7.94. The Labute approximate surface area is 90.0 Å². The molecule has 0 aromatic rings. The Morgan fingerprint density at radius 2 is 1.69 bits per heavy atom. The van der Waals surface area contributed by atoms with Gasteiger partial charge in [0.2, 0.25) is 0 Å². The van der Waals surface area contributed by atoms with Crippen LogP contribution in [0, 0.1) is 0 Å². The zero-order valence-electron chi connectivity index (χ0n) is 7.68. The van der Waals surface area contributed by atoms with Crippen LogP contribution >= 0.6 is 25.6 Å². The third-order valence-corrected chi connectivity index (χ3v) is 2.09. The van der Waals surface area contributed by atoms with Gasteiger partial charge in [0.1, 0.15) is 0 Å². The van der Waals surface area contributed by atoms with Gasteiger partial charge < -0.3 is 10.0 Å². The number of likely N-dealkylation sites (tertiary alicyclic amines) is 1. The molecule has 0 radical (unpaired) electrons. The lowest BCUT2D eigenvalue weighted by Crippen LogP contribution is -2.24. The highest BCUT2D eigenvalue weighted by Gasteiger charge is 2.02. The van der Waals surface area contributed by atoms with Crippen molar-refractivity contribution < 1.29 is 9.90 Å². The minimum absolute atomic E-state index is 0.472. The first-order chi connectivity index (χ1) is 6.04. The first kappa shape index (κ1) is 12.9. The van der Waals surface area contributed by atoms with E-state index in [0.717, 1.165) is 0 Å². The smallest absolute Gasteiger partial charge is 0.427 e. The van der Waals surface area contributed by atoms with Crippen molar-refractivity contribution in [3.63, 3.8) is 0 Å². The van der Waals surface area contributed by atoms with Crippen molar-refractivity contribution in [1.82, 2.24) is 8.61 Å². The lowest BCUT2D eigenvalue weighted by Gasteiger charge is -2.20. The molecule has 4 nitrogen and oxygen atoms in total. The molecule has 0 saturated carbocycles. The van der Waals surface area contributed by atoms with E-state index in [4.69, 9.17) is 5.11 Å². The molecule has 6 heteroatoms. The Kier molecular flexibility index (Phi) is 7.31. The molecule has 0 aromatic carbocycles. The minimum Gasteiger partial charge on any atom is -0.464 e. The molecular formula is C7H16N2O2S2. The normalized spacial score (nSPS) is 17.2. The minimum atomic E-state index is -1.18. The van der Waals surface area contributed by atoms with E-state index in [2.05, 4.69) is 37.6 Å². The van der Waals surface area contributed by atoms with Gasteiger partial charge in [-0.25, -0.2) is 4.79 Å². The van der Waals surface area contributed by atoms with Gasteiger partial charge in [-0.05, 0) is 58.6 Å². The Hall–Kier alpha value is -0.0700. The third-order valence-electron chi connectivity index (χ3n) is 1.75. The van der Waals surface area contributed by atoms with E-state index in [0.29, 0.717) is 3.71 Å². The first-order valence-corrected chi connectivity index (χ1v) is 4.93. The Morgan fingerprint density at radius 1 is 1.31 bits per heavy atom. The predicted molar refractivity (Wildman–Crippen MR) is 59.2 cm³/mol.